The molecule has 3 heteroatoms. The van der Waals surface area contributed by atoms with E-state index in [1.54, 1.807) is 0 Å². The van der Waals surface area contributed by atoms with Gasteiger partial charge >= 0.3 is 0 Å². The lowest BCUT2D eigenvalue weighted by molar-refractivity contribution is -0.296. The second-order valence-corrected chi connectivity index (χ2v) is 7.93. The van der Waals surface area contributed by atoms with Crippen molar-refractivity contribution in [2.75, 3.05) is 19.6 Å². The smallest absolute Gasteiger partial charge is 0.184 e. The second kappa shape index (κ2) is 7.55. The SMILES string of the molecule is c1ccc(C2OC(CN3CCCCC3)CC3(CCCCC3)O2)cc1. The van der Waals surface area contributed by atoms with Gasteiger partial charge in [-0.25, -0.2) is 0 Å². The Bertz CT molecular complexity index is 506. The van der Waals surface area contributed by atoms with Crippen molar-refractivity contribution in [2.24, 2.45) is 0 Å². The summed E-state index contributed by atoms with van der Waals surface area (Å²) in [6, 6.07) is 10.5. The number of ether oxygens (including phenoxy) is 2. The van der Waals surface area contributed by atoms with Crippen LogP contribution in [0.25, 0.3) is 0 Å². The Morgan fingerprint density at radius 1 is 0.917 bits per heavy atom. The molecule has 2 heterocycles. The van der Waals surface area contributed by atoms with Gasteiger partial charge in [0.25, 0.3) is 0 Å². The van der Waals surface area contributed by atoms with Crippen LogP contribution < -0.4 is 0 Å². The molecule has 3 fully saturated rings. The summed E-state index contributed by atoms with van der Waals surface area (Å²) < 4.78 is 13.0. The molecule has 0 radical (unpaired) electrons. The first-order valence-electron chi connectivity index (χ1n) is 9.94. The quantitative estimate of drug-likeness (QED) is 0.804. The van der Waals surface area contributed by atoms with E-state index in [4.69, 9.17) is 9.47 Å². The topological polar surface area (TPSA) is 21.7 Å². The van der Waals surface area contributed by atoms with Crippen LogP contribution in [0.1, 0.15) is 69.6 Å². The largest absolute Gasteiger partial charge is 0.344 e. The van der Waals surface area contributed by atoms with Crippen LogP contribution in [0, 0.1) is 0 Å². The number of rotatable bonds is 3. The van der Waals surface area contributed by atoms with Gasteiger partial charge in [0, 0.05) is 18.5 Å². The Morgan fingerprint density at radius 3 is 2.38 bits per heavy atom. The van der Waals surface area contributed by atoms with E-state index in [1.165, 1.54) is 70.0 Å². The molecule has 0 bridgehead atoms. The fraction of sp³-hybridized carbons (Fsp3) is 0.714. The van der Waals surface area contributed by atoms with E-state index in [0.717, 1.165) is 13.0 Å². The van der Waals surface area contributed by atoms with Crippen LogP contribution in [-0.4, -0.2) is 36.2 Å². The maximum atomic E-state index is 6.58. The minimum atomic E-state index is -0.187. The zero-order chi connectivity index (χ0) is 16.2. The number of hydrogen-bond acceptors (Lipinski definition) is 3. The number of benzene rings is 1. The third-order valence-electron chi connectivity index (χ3n) is 6.02. The normalized spacial score (nSPS) is 31.2. The van der Waals surface area contributed by atoms with Gasteiger partial charge in [0.2, 0.25) is 0 Å². The van der Waals surface area contributed by atoms with Gasteiger partial charge in [-0.15, -0.1) is 0 Å². The van der Waals surface area contributed by atoms with Gasteiger partial charge in [0.15, 0.2) is 6.29 Å². The monoisotopic (exact) mass is 329 g/mol. The second-order valence-electron chi connectivity index (χ2n) is 7.93. The Hall–Kier alpha value is -0.900. The molecule has 1 aromatic carbocycles. The lowest BCUT2D eigenvalue weighted by Gasteiger charge is -2.48. The molecular weight excluding hydrogens is 298 g/mol. The zero-order valence-electron chi connectivity index (χ0n) is 14.8. The molecule has 24 heavy (non-hydrogen) atoms. The van der Waals surface area contributed by atoms with E-state index in [0.29, 0.717) is 6.10 Å². The molecule has 2 unspecified atom stereocenters. The third-order valence-corrected chi connectivity index (χ3v) is 6.02. The summed E-state index contributed by atoms with van der Waals surface area (Å²) in [7, 11) is 0. The van der Waals surface area contributed by atoms with Crippen molar-refractivity contribution >= 4 is 0 Å². The van der Waals surface area contributed by atoms with Crippen molar-refractivity contribution in [3.63, 3.8) is 0 Å². The molecule has 1 spiro atoms. The molecule has 1 aliphatic carbocycles. The Morgan fingerprint density at radius 2 is 1.62 bits per heavy atom. The Labute approximate surface area is 146 Å². The van der Waals surface area contributed by atoms with Gasteiger partial charge in [0.05, 0.1) is 11.7 Å². The summed E-state index contributed by atoms with van der Waals surface area (Å²) >= 11 is 0. The van der Waals surface area contributed by atoms with Crippen LogP contribution >= 0.6 is 0 Å². The molecular formula is C21H31NO2. The maximum absolute atomic E-state index is 6.58. The molecule has 0 amide bonds. The van der Waals surface area contributed by atoms with Crippen LogP contribution in [0.3, 0.4) is 0 Å². The average Bonchev–Trinajstić information content (AvgIpc) is 2.63. The lowest BCUT2D eigenvalue weighted by Crippen LogP contribution is -2.49. The Kier molecular flexibility index (Phi) is 5.21. The van der Waals surface area contributed by atoms with Crippen LogP contribution in [0.15, 0.2) is 30.3 Å². The molecule has 0 aromatic heterocycles. The molecule has 1 aromatic rings. The molecule has 2 saturated heterocycles. The molecule has 0 N–H and O–H groups in total. The molecule has 3 nitrogen and oxygen atoms in total. The Balaban J connectivity index is 1.50. The number of piperidine rings is 1. The maximum Gasteiger partial charge on any atom is 0.184 e. The standard InChI is InChI=1S/C21H31NO2/c1-4-10-18(11-5-1)20-23-19(17-22-14-8-3-9-15-22)16-21(24-20)12-6-2-7-13-21/h1,4-5,10-11,19-20H,2-3,6-9,12-17H2. The number of nitrogens with zero attached hydrogens (tertiary/aromatic N) is 1. The van der Waals surface area contributed by atoms with Gasteiger partial charge < -0.3 is 14.4 Å². The van der Waals surface area contributed by atoms with Crippen LogP contribution in [0.2, 0.25) is 0 Å². The summed E-state index contributed by atoms with van der Waals surface area (Å²) in [6.07, 6.45) is 11.6. The van der Waals surface area contributed by atoms with E-state index in [1.807, 2.05) is 0 Å². The highest BCUT2D eigenvalue weighted by Crippen LogP contribution is 2.44. The van der Waals surface area contributed by atoms with Crippen molar-refractivity contribution in [3.8, 4) is 0 Å². The molecule has 4 rings (SSSR count). The van der Waals surface area contributed by atoms with E-state index in [-0.39, 0.29) is 11.9 Å². The summed E-state index contributed by atoms with van der Waals surface area (Å²) in [6.45, 7) is 3.56. The molecule has 132 valence electrons. The van der Waals surface area contributed by atoms with E-state index >= 15 is 0 Å². The highest BCUT2D eigenvalue weighted by molar-refractivity contribution is 5.17. The fourth-order valence-corrected chi connectivity index (χ4v) is 4.75. The van der Waals surface area contributed by atoms with Crippen LogP contribution in [0.5, 0.6) is 0 Å². The lowest BCUT2D eigenvalue weighted by atomic mass is 9.79. The first kappa shape index (κ1) is 16.6. The minimum Gasteiger partial charge on any atom is -0.344 e. The van der Waals surface area contributed by atoms with Gasteiger partial charge in [-0.05, 0) is 38.8 Å². The zero-order valence-corrected chi connectivity index (χ0v) is 14.8. The fourth-order valence-electron chi connectivity index (χ4n) is 4.75. The van der Waals surface area contributed by atoms with Gasteiger partial charge in [-0.1, -0.05) is 56.0 Å². The van der Waals surface area contributed by atoms with E-state index in [2.05, 4.69) is 35.2 Å². The summed E-state index contributed by atoms with van der Waals surface area (Å²) in [5.41, 5.74) is 1.23. The van der Waals surface area contributed by atoms with E-state index in [9.17, 15) is 0 Å². The predicted molar refractivity (Wildman–Crippen MR) is 95.9 cm³/mol. The number of likely N-dealkylation sites (tertiary alicyclic amines) is 1. The summed E-state index contributed by atoms with van der Waals surface area (Å²) in [5.74, 6) is 0. The summed E-state index contributed by atoms with van der Waals surface area (Å²) in [4.78, 5) is 2.61. The van der Waals surface area contributed by atoms with Gasteiger partial charge in [0.1, 0.15) is 0 Å². The van der Waals surface area contributed by atoms with Gasteiger partial charge in [-0.2, -0.15) is 0 Å². The molecule has 1 saturated carbocycles. The van der Waals surface area contributed by atoms with Crippen molar-refractivity contribution in [1.29, 1.82) is 0 Å². The van der Waals surface area contributed by atoms with Crippen molar-refractivity contribution in [3.05, 3.63) is 35.9 Å². The third kappa shape index (κ3) is 3.84. The van der Waals surface area contributed by atoms with Crippen LogP contribution in [-0.2, 0) is 9.47 Å². The highest BCUT2D eigenvalue weighted by atomic mass is 16.7. The van der Waals surface area contributed by atoms with Crippen LogP contribution in [0.4, 0.5) is 0 Å². The first-order valence-corrected chi connectivity index (χ1v) is 9.94. The molecule has 2 aliphatic heterocycles. The van der Waals surface area contributed by atoms with Crippen molar-refractivity contribution < 1.29 is 9.47 Å². The van der Waals surface area contributed by atoms with Gasteiger partial charge in [-0.3, -0.25) is 0 Å². The minimum absolute atomic E-state index is 0.0530. The molecule has 3 aliphatic rings. The molecule has 2 atom stereocenters. The van der Waals surface area contributed by atoms with Crippen molar-refractivity contribution in [1.82, 2.24) is 4.90 Å². The summed E-state index contributed by atoms with van der Waals surface area (Å²) in [5, 5.41) is 0. The predicted octanol–water partition coefficient (Wildman–Crippen LogP) is 4.68. The average molecular weight is 329 g/mol. The first-order chi connectivity index (χ1) is 11.8. The highest BCUT2D eigenvalue weighted by Gasteiger charge is 2.43. The van der Waals surface area contributed by atoms with Crippen molar-refractivity contribution in [2.45, 2.75) is 75.8 Å². The number of hydrogen-bond donors (Lipinski definition) is 0. The van der Waals surface area contributed by atoms with E-state index < -0.39 is 0 Å².